The van der Waals surface area contributed by atoms with E-state index in [0.717, 1.165) is 18.9 Å². The number of fused-ring (bicyclic) bond motifs is 1. The number of carbonyl (C=O) groups excluding carboxylic acids is 1. The van der Waals surface area contributed by atoms with Gasteiger partial charge in [0.05, 0.1) is 56.8 Å². The molecule has 39 heavy (non-hydrogen) atoms. The summed E-state index contributed by atoms with van der Waals surface area (Å²) in [5.74, 6) is -1.31. The number of ether oxygens (including phenoxy) is 3. The van der Waals surface area contributed by atoms with E-state index in [2.05, 4.69) is 37.5 Å². The van der Waals surface area contributed by atoms with Crippen LogP contribution in [0.1, 0.15) is 19.8 Å². The Balaban J connectivity index is 1.56. The lowest BCUT2D eigenvalue weighted by atomic mass is 10.1. The zero-order valence-corrected chi connectivity index (χ0v) is 21.9. The van der Waals surface area contributed by atoms with Crippen LogP contribution in [0.2, 0.25) is 0 Å². The van der Waals surface area contributed by atoms with Crippen molar-refractivity contribution in [3.63, 3.8) is 0 Å². The first kappa shape index (κ1) is 26.5. The summed E-state index contributed by atoms with van der Waals surface area (Å²) in [6, 6.07) is 2.49. The molecule has 1 saturated carbocycles. The molecule has 2 fully saturated rings. The average Bonchev–Trinajstić information content (AvgIpc) is 3.70. The zero-order valence-electron chi connectivity index (χ0n) is 21.9. The Morgan fingerprint density at radius 2 is 1.82 bits per heavy atom. The molecule has 1 unspecified atom stereocenters. The van der Waals surface area contributed by atoms with Gasteiger partial charge in [-0.05, 0) is 37.8 Å². The molecule has 12 heteroatoms. The van der Waals surface area contributed by atoms with Gasteiger partial charge in [-0.2, -0.15) is 0 Å². The Morgan fingerprint density at radius 3 is 2.46 bits per heavy atom. The molecule has 1 aliphatic heterocycles. The highest BCUT2D eigenvalue weighted by molar-refractivity contribution is 5.92. The largest absolute Gasteiger partial charge is 0.494 e. The highest BCUT2D eigenvalue weighted by Crippen LogP contribution is 2.39. The normalized spacial score (nSPS) is 19.4. The minimum atomic E-state index is -0.934. The third kappa shape index (κ3) is 5.42. The van der Waals surface area contributed by atoms with Crippen molar-refractivity contribution >= 4 is 28.4 Å². The van der Waals surface area contributed by atoms with Crippen LogP contribution in [0, 0.1) is 17.6 Å². The van der Waals surface area contributed by atoms with E-state index in [0.29, 0.717) is 41.7 Å². The van der Waals surface area contributed by atoms with E-state index in [9.17, 15) is 4.79 Å². The molecule has 10 nitrogen and oxygen atoms in total. The van der Waals surface area contributed by atoms with Crippen LogP contribution in [0.15, 0.2) is 31.0 Å². The molecular weight excluding hydrogens is 510 g/mol. The van der Waals surface area contributed by atoms with Crippen molar-refractivity contribution in [3.05, 3.63) is 42.6 Å². The van der Waals surface area contributed by atoms with E-state index in [-0.39, 0.29) is 41.4 Å². The lowest BCUT2D eigenvalue weighted by Gasteiger charge is -2.21. The number of hydrogen-bond acceptors (Lipinski definition) is 9. The minimum absolute atomic E-state index is 0.0804. The summed E-state index contributed by atoms with van der Waals surface area (Å²) in [5.41, 5.74) is -0.0721. The molecule has 1 aromatic carbocycles. The van der Waals surface area contributed by atoms with Crippen molar-refractivity contribution in [3.8, 4) is 22.9 Å². The van der Waals surface area contributed by atoms with Crippen LogP contribution < -0.4 is 25.4 Å². The molecule has 3 heterocycles. The molecule has 2 aliphatic rings. The van der Waals surface area contributed by atoms with Crippen molar-refractivity contribution in [2.75, 3.05) is 38.1 Å². The number of hydrogen-bond donors (Lipinski definition) is 3. The lowest BCUT2D eigenvalue weighted by Crippen LogP contribution is -2.45. The second-order valence-corrected chi connectivity index (χ2v) is 9.64. The van der Waals surface area contributed by atoms with Crippen LogP contribution in [0.25, 0.3) is 22.3 Å². The summed E-state index contributed by atoms with van der Waals surface area (Å²) in [6.45, 7) is 6.26. The molecule has 1 aliphatic carbocycles. The van der Waals surface area contributed by atoms with Gasteiger partial charge in [-0.15, -0.1) is 0 Å². The van der Waals surface area contributed by atoms with Crippen LogP contribution in [0.4, 0.5) is 20.4 Å². The van der Waals surface area contributed by atoms with Gasteiger partial charge < -0.3 is 30.2 Å². The van der Waals surface area contributed by atoms with Crippen LogP contribution >= 0.6 is 0 Å². The number of rotatable bonds is 10. The Labute approximate surface area is 224 Å². The van der Waals surface area contributed by atoms with Crippen LogP contribution in [0.3, 0.4) is 0 Å². The Bertz CT molecular complexity index is 1390. The fourth-order valence-corrected chi connectivity index (χ4v) is 4.61. The van der Waals surface area contributed by atoms with E-state index in [1.165, 1.54) is 26.5 Å². The molecule has 3 aromatic rings. The van der Waals surface area contributed by atoms with Crippen molar-refractivity contribution in [1.82, 2.24) is 20.3 Å². The number of benzene rings is 1. The van der Waals surface area contributed by atoms with Crippen LogP contribution in [-0.4, -0.2) is 66.4 Å². The van der Waals surface area contributed by atoms with Gasteiger partial charge in [0, 0.05) is 17.5 Å². The zero-order chi connectivity index (χ0) is 27.7. The van der Waals surface area contributed by atoms with Gasteiger partial charge in [0.15, 0.2) is 29.0 Å². The molecule has 1 saturated heterocycles. The van der Waals surface area contributed by atoms with Gasteiger partial charge in [-0.25, -0.2) is 23.7 Å². The minimum Gasteiger partial charge on any atom is -0.494 e. The third-order valence-corrected chi connectivity index (χ3v) is 7.00. The average molecular weight is 541 g/mol. The van der Waals surface area contributed by atoms with E-state index in [1.54, 1.807) is 6.07 Å². The standard InChI is InChI=1S/C27H30F2N6O4/c1-5-22(36)33-18-12-39-11-17(18)32-21-8-15-16(10-30-21)34-27(35-26(15)31-13(2)14-6-7-14)23-24(28)19(37-3)9-20(38-4)25(23)29/h5,8-10,13-14,17-18H,1,6-7,11-12H2,2-4H3,(H,30,32)(H,33,36)(H,31,34,35)/t13?,17-,18+/m1/s1. The van der Waals surface area contributed by atoms with Gasteiger partial charge >= 0.3 is 0 Å². The van der Waals surface area contributed by atoms with Gasteiger partial charge in [0.1, 0.15) is 11.6 Å². The number of carbonyl (C=O) groups is 1. The molecule has 3 N–H and O–H groups in total. The lowest BCUT2D eigenvalue weighted by molar-refractivity contribution is -0.117. The van der Waals surface area contributed by atoms with Crippen molar-refractivity contribution in [1.29, 1.82) is 0 Å². The van der Waals surface area contributed by atoms with E-state index in [1.807, 2.05) is 6.92 Å². The molecule has 206 valence electrons. The number of methoxy groups -OCH3 is 2. The fourth-order valence-electron chi connectivity index (χ4n) is 4.61. The van der Waals surface area contributed by atoms with E-state index >= 15 is 8.78 Å². The molecule has 2 aromatic heterocycles. The third-order valence-electron chi connectivity index (χ3n) is 7.00. The molecule has 0 radical (unpaired) electrons. The van der Waals surface area contributed by atoms with Crippen LogP contribution in [0.5, 0.6) is 11.5 Å². The second-order valence-electron chi connectivity index (χ2n) is 9.64. The van der Waals surface area contributed by atoms with Gasteiger partial charge in [-0.3, -0.25) is 4.79 Å². The molecule has 1 amide bonds. The summed E-state index contributed by atoms with van der Waals surface area (Å²) < 4.78 is 46.4. The molecule has 0 spiro atoms. The van der Waals surface area contributed by atoms with Crippen molar-refractivity contribution < 1.29 is 27.8 Å². The predicted molar refractivity (Wildman–Crippen MR) is 142 cm³/mol. The molecule has 0 bridgehead atoms. The highest BCUT2D eigenvalue weighted by Gasteiger charge is 2.31. The summed E-state index contributed by atoms with van der Waals surface area (Å²) >= 11 is 0. The SMILES string of the molecule is C=CC(=O)N[C@H]1COC[C@H]1Nc1cc2c(NC(C)C3CC3)nc(-c3c(F)c(OC)cc(OC)c3F)nc2cn1. The predicted octanol–water partition coefficient (Wildman–Crippen LogP) is 3.68. The van der Waals surface area contributed by atoms with Crippen molar-refractivity contribution in [2.45, 2.75) is 37.9 Å². The maximum Gasteiger partial charge on any atom is 0.243 e. The molecule has 3 atom stereocenters. The number of amides is 1. The first-order valence-corrected chi connectivity index (χ1v) is 12.6. The first-order chi connectivity index (χ1) is 18.8. The number of halogens is 2. The Morgan fingerprint density at radius 1 is 1.13 bits per heavy atom. The smallest absolute Gasteiger partial charge is 0.243 e. The number of nitrogens with one attached hydrogen (secondary N) is 3. The molecule has 5 rings (SSSR count). The Kier molecular flexibility index (Phi) is 7.47. The first-order valence-electron chi connectivity index (χ1n) is 12.6. The maximum absolute atomic E-state index is 15.3. The van der Waals surface area contributed by atoms with Gasteiger partial charge in [0.2, 0.25) is 5.91 Å². The number of anilines is 2. The maximum atomic E-state index is 15.3. The number of aromatic nitrogens is 3. The van der Waals surface area contributed by atoms with Gasteiger partial charge in [0.25, 0.3) is 0 Å². The molecular formula is C27H30F2N6O4. The topological polar surface area (TPSA) is 120 Å². The van der Waals surface area contributed by atoms with E-state index < -0.39 is 17.2 Å². The summed E-state index contributed by atoms with van der Waals surface area (Å²) in [7, 11) is 2.57. The Hall–Kier alpha value is -4.06. The van der Waals surface area contributed by atoms with Crippen molar-refractivity contribution in [2.24, 2.45) is 5.92 Å². The summed E-state index contributed by atoms with van der Waals surface area (Å²) in [5, 5.41) is 10.2. The summed E-state index contributed by atoms with van der Waals surface area (Å²) in [6.07, 6.45) is 4.90. The van der Waals surface area contributed by atoms with Gasteiger partial charge in [-0.1, -0.05) is 6.58 Å². The van der Waals surface area contributed by atoms with Crippen LogP contribution in [-0.2, 0) is 9.53 Å². The monoisotopic (exact) mass is 540 g/mol. The fraction of sp³-hybridized carbons (Fsp3) is 0.407. The van der Waals surface area contributed by atoms with E-state index in [4.69, 9.17) is 14.2 Å². The number of nitrogens with zero attached hydrogens (tertiary/aromatic N) is 3. The summed E-state index contributed by atoms with van der Waals surface area (Å²) in [4.78, 5) is 25.3. The number of pyridine rings is 1. The quantitative estimate of drug-likeness (QED) is 0.331. The second kappa shape index (κ2) is 11.0. The highest BCUT2D eigenvalue weighted by atomic mass is 19.1.